The third kappa shape index (κ3) is 2.26. The molecular formula is C11H9BrN2O4. The van der Waals surface area contributed by atoms with Gasteiger partial charge < -0.3 is 0 Å². The van der Waals surface area contributed by atoms with Crippen LogP contribution in [-0.4, -0.2) is 16.7 Å². The van der Waals surface area contributed by atoms with Crippen LogP contribution in [0.15, 0.2) is 22.7 Å². The number of piperidine rings is 1. The number of nitrogens with zero attached hydrogens (tertiary/aromatic N) is 2. The maximum absolute atomic E-state index is 11.7. The van der Waals surface area contributed by atoms with E-state index in [-0.39, 0.29) is 17.5 Å². The first-order chi connectivity index (χ1) is 8.50. The van der Waals surface area contributed by atoms with Crippen LogP contribution in [-0.2, 0) is 9.59 Å². The highest BCUT2D eigenvalue weighted by atomic mass is 79.9. The summed E-state index contributed by atoms with van der Waals surface area (Å²) < 4.78 is 0.361. The molecule has 0 spiro atoms. The van der Waals surface area contributed by atoms with E-state index in [4.69, 9.17) is 0 Å². The molecule has 0 aromatic heterocycles. The van der Waals surface area contributed by atoms with Gasteiger partial charge in [0, 0.05) is 29.4 Å². The van der Waals surface area contributed by atoms with Gasteiger partial charge in [-0.1, -0.05) is 0 Å². The minimum atomic E-state index is -0.533. The Kier molecular flexibility index (Phi) is 3.42. The number of amides is 2. The highest BCUT2D eigenvalue weighted by Crippen LogP contribution is 2.32. The molecule has 1 fully saturated rings. The van der Waals surface area contributed by atoms with Crippen LogP contribution in [0.5, 0.6) is 0 Å². The molecule has 2 amide bonds. The SMILES string of the molecule is O=C1CCCC(=O)N1c1ccc([N+](=O)[O-])cc1Br. The number of imide groups is 1. The summed E-state index contributed by atoms with van der Waals surface area (Å²) >= 11 is 3.16. The van der Waals surface area contributed by atoms with Crippen molar-refractivity contribution >= 4 is 39.1 Å². The fourth-order valence-electron chi connectivity index (χ4n) is 1.81. The van der Waals surface area contributed by atoms with Gasteiger partial charge in [0.15, 0.2) is 0 Å². The fourth-order valence-corrected chi connectivity index (χ4v) is 2.36. The molecule has 1 aliphatic heterocycles. The number of hydrogen-bond donors (Lipinski definition) is 0. The van der Waals surface area contributed by atoms with Crippen molar-refractivity contribution < 1.29 is 14.5 Å². The van der Waals surface area contributed by atoms with Crippen LogP contribution >= 0.6 is 15.9 Å². The Morgan fingerprint density at radius 2 is 1.83 bits per heavy atom. The molecule has 1 aromatic rings. The number of benzene rings is 1. The number of carbonyl (C=O) groups excluding carboxylic acids is 2. The van der Waals surface area contributed by atoms with E-state index in [1.165, 1.54) is 18.2 Å². The largest absolute Gasteiger partial charge is 0.274 e. The first-order valence-corrected chi connectivity index (χ1v) is 6.09. The maximum atomic E-state index is 11.7. The predicted octanol–water partition coefficient (Wildman–Crippen LogP) is 2.40. The van der Waals surface area contributed by atoms with Crippen LogP contribution in [0.3, 0.4) is 0 Å². The highest BCUT2D eigenvalue weighted by molar-refractivity contribution is 9.10. The maximum Gasteiger partial charge on any atom is 0.270 e. The Morgan fingerprint density at radius 1 is 1.22 bits per heavy atom. The second-order valence-corrected chi connectivity index (χ2v) is 4.72. The van der Waals surface area contributed by atoms with Gasteiger partial charge in [-0.2, -0.15) is 0 Å². The van der Waals surface area contributed by atoms with E-state index in [9.17, 15) is 19.7 Å². The zero-order chi connectivity index (χ0) is 13.3. The molecule has 1 aromatic carbocycles. The Hall–Kier alpha value is -1.76. The molecule has 2 rings (SSSR count). The quantitative estimate of drug-likeness (QED) is 0.477. The fraction of sp³-hybridized carbons (Fsp3) is 0.273. The molecule has 6 nitrogen and oxygen atoms in total. The summed E-state index contributed by atoms with van der Waals surface area (Å²) in [5, 5.41) is 10.6. The van der Waals surface area contributed by atoms with E-state index >= 15 is 0 Å². The Balaban J connectivity index is 2.41. The van der Waals surface area contributed by atoms with Crippen LogP contribution in [0.1, 0.15) is 19.3 Å². The normalized spacial score (nSPS) is 15.9. The molecule has 0 aliphatic carbocycles. The van der Waals surface area contributed by atoms with Crippen molar-refractivity contribution in [3.8, 4) is 0 Å². The van der Waals surface area contributed by atoms with Gasteiger partial charge in [-0.3, -0.25) is 19.7 Å². The topological polar surface area (TPSA) is 80.5 Å². The van der Waals surface area contributed by atoms with E-state index in [1.54, 1.807) is 0 Å². The third-order valence-electron chi connectivity index (χ3n) is 2.66. The van der Waals surface area contributed by atoms with Gasteiger partial charge in [-0.05, 0) is 28.4 Å². The number of carbonyl (C=O) groups is 2. The van der Waals surface area contributed by atoms with Gasteiger partial charge in [-0.25, -0.2) is 4.90 Å². The third-order valence-corrected chi connectivity index (χ3v) is 3.30. The van der Waals surface area contributed by atoms with Crippen LogP contribution in [0, 0.1) is 10.1 Å². The zero-order valence-corrected chi connectivity index (χ0v) is 10.8. The molecule has 94 valence electrons. The molecule has 18 heavy (non-hydrogen) atoms. The Bertz CT molecular complexity index is 528. The van der Waals surface area contributed by atoms with Crippen molar-refractivity contribution in [1.29, 1.82) is 0 Å². The lowest BCUT2D eigenvalue weighted by molar-refractivity contribution is -0.384. The molecule has 0 unspecified atom stereocenters. The van der Waals surface area contributed by atoms with E-state index in [0.717, 1.165) is 4.90 Å². The average Bonchev–Trinajstić information content (AvgIpc) is 2.30. The molecule has 0 saturated carbocycles. The molecule has 1 saturated heterocycles. The second kappa shape index (κ2) is 4.85. The van der Waals surface area contributed by atoms with Crippen molar-refractivity contribution in [2.24, 2.45) is 0 Å². The lowest BCUT2D eigenvalue weighted by Crippen LogP contribution is -2.40. The first kappa shape index (κ1) is 12.7. The standard InChI is InChI=1S/C11H9BrN2O4/c12-8-6-7(14(17)18)4-5-9(8)13-10(15)2-1-3-11(13)16/h4-6H,1-3H2. The summed E-state index contributed by atoms with van der Waals surface area (Å²) in [6, 6.07) is 3.96. The van der Waals surface area contributed by atoms with Gasteiger partial charge in [0.25, 0.3) is 5.69 Å². The Morgan fingerprint density at radius 3 is 2.33 bits per heavy atom. The number of nitro groups is 1. The molecule has 0 bridgehead atoms. The van der Waals surface area contributed by atoms with E-state index < -0.39 is 4.92 Å². The lowest BCUT2D eigenvalue weighted by atomic mass is 10.1. The van der Waals surface area contributed by atoms with Crippen LogP contribution in [0.25, 0.3) is 0 Å². The van der Waals surface area contributed by atoms with E-state index in [0.29, 0.717) is 29.4 Å². The van der Waals surface area contributed by atoms with Gasteiger partial charge in [0.05, 0.1) is 10.6 Å². The van der Waals surface area contributed by atoms with Gasteiger partial charge in [0.1, 0.15) is 0 Å². The predicted molar refractivity (Wildman–Crippen MR) is 67.1 cm³/mol. The molecule has 0 atom stereocenters. The van der Waals surface area contributed by atoms with E-state index in [2.05, 4.69) is 15.9 Å². The number of hydrogen-bond acceptors (Lipinski definition) is 4. The summed E-state index contributed by atoms with van der Waals surface area (Å²) in [4.78, 5) is 34.6. The second-order valence-electron chi connectivity index (χ2n) is 3.87. The van der Waals surface area contributed by atoms with Gasteiger partial charge >= 0.3 is 0 Å². The van der Waals surface area contributed by atoms with Crippen LogP contribution < -0.4 is 4.90 Å². The number of nitro benzene ring substituents is 1. The zero-order valence-electron chi connectivity index (χ0n) is 9.26. The molecule has 7 heteroatoms. The summed E-state index contributed by atoms with van der Waals surface area (Å²) in [5.74, 6) is -0.554. The first-order valence-electron chi connectivity index (χ1n) is 5.30. The van der Waals surface area contributed by atoms with Crippen molar-refractivity contribution in [2.45, 2.75) is 19.3 Å². The number of halogens is 1. The van der Waals surface area contributed by atoms with Crippen molar-refractivity contribution in [1.82, 2.24) is 0 Å². The smallest absolute Gasteiger partial charge is 0.270 e. The van der Waals surface area contributed by atoms with Gasteiger partial charge in [-0.15, -0.1) is 0 Å². The summed E-state index contributed by atoms with van der Waals surface area (Å²) in [6.07, 6.45) is 1.18. The molecule has 0 N–H and O–H groups in total. The van der Waals surface area contributed by atoms with Crippen molar-refractivity contribution in [2.75, 3.05) is 4.90 Å². The van der Waals surface area contributed by atoms with E-state index in [1.807, 2.05) is 0 Å². The Labute approximate surface area is 111 Å². The average molecular weight is 313 g/mol. The van der Waals surface area contributed by atoms with Crippen molar-refractivity contribution in [3.05, 3.63) is 32.8 Å². The lowest BCUT2D eigenvalue weighted by Gasteiger charge is -2.25. The summed E-state index contributed by atoms with van der Waals surface area (Å²) in [7, 11) is 0. The summed E-state index contributed by atoms with van der Waals surface area (Å²) in [6.45, 7) is 0. The molecule has 1 aliphatic rings. The van der Waals surface area contributed by atoms with Crippen LogP contribution in [0.4, 0.5) is 11.4 Å². The summed E-state index contributed by atoms with van der Waals surface area (Å²) in [5.41, 5.74) is 0.262. The monoisotopic (exact) mass is 312 g/mol. The molecular weight excluding hydrogens is 304 g/mol. The molecule has 1 heterocycles. The minimum Gasteiger partial charge on any atom is -0.274 e. The number of non-ortho nitro benzene ring substituents is 1. The number of anilines is 1. The van der Waals surface area contributed by atoms with Crippen LogP contribution in [0.2, 0.25) is 0 Å². The highest BCUT2D eigenvalue weighted by Gasteiger charge is 2.29. The van der Waals surface area contributed by atoms with Gasteiger partial charge in [0.2, 0.25) is 11.8 Å². The molecule has 0 radical (unpaired) electrons. The number of rotatable bonds is 2. The van der Waals surface area contributed by atoms with Crippen molar-refractivity contribution in [3.63, 3.8) is 0 Å². The minimum absolute atomic E-state index is 0.0949.